The Kier molecular flexibility index (Phi) is 5.61. The lowest BCUT2D eigenvalue weighted by atomic mass is 10.1. The van der Waals surface area contributed by atoms with Crippen LogP contribution in [-0.2, 0) is 0 Å². The first-order chi connectivity index (χ1) is 15.4. The second kappa shape index (κ2) is 8.52. The number of para-hydroxylation sites is 1. The zero-order valence-electron chi connectivity index (χ0n) is 16.5. The summed E-state index contributed by atoms with van der Waals surface area (Å²) < 4.78 is 11.2. The lowest BCUT2D eigenvalue weighted by molar-refractivity contribution is -0.394. The maximum atomic E-state index is 12.8. The van der Waals surface area contributed by atoms with Crippen molar-refractivity contribution in [1.82, 2.24) is 0 Å². The van der Waals surface area contributed by atoms with E-state index in [0.717, 1.165) is 23.1 Å². The number of hydrogen-bond acceptors (Lipinski definition) is 8. The molecule has 9 nitrogen and oxygen atoms in total. The number of carbonyl (C=O) groups excluding carboxylic acids is 1. The summed E-state index contributed by atoms with van der Waals surface area (Å²) in [5, 5.41) is 22.5. The molecule has 0 radical (unpaired) electrons. The van der Waals surface area contributed by atoms with Gasteiger partial charge in [-0.3, -0.25) is 25.0 Å². The largest absolute Gasteiger partial charge is 0.493 e. The summed E-state index contributed by atoms with van der Waals surface area (Å²) in [7, 11) is 1.41. The van der Waals surface area contributed by atoms with Gasteiger partial charge >= 0.3 is 5.69 Å². The number of methoxy groups -OCH3 is 1. The van der Waals surface area contributed by atoms with Gasteiger partial charge in [0.25, 0.3) is 5.69 Å². The topological polar surface area (TPSA) is 122 Å². The second-order valence-corrected chi connectivity index (χ2v) is 7.67. The molecular formula is C22H14N2O7S. The molecule has 32 heavy (non-hydrogen) atoms. The van der Waals surface area contributed by atoms with Gasteiger partial charge < -0.3 is 9.47 Å². The van der Waals surface area contributed by atoms with Crippen molar-refractivity contribution in [2.75, 3.05) is 7.11 Å². The number of nitrogens with zero attached hydrogens (tertiary/aromatic N) is 2. The van der Waals surface area contributed by atoms with E-state index in [2.05, 4.69) is 0 Å². The molecule has 4 rings (SSSR count). The lowest BCUT2D eigenvalue weighted by Gasteiger charge is -2.13. The van der Waals surface area contributed by atoms with Crippen LogP contribution in [0.4, 0.5) is 11.4 Å². The number of benzene rings is 3. The van der Waals surface area contributed by atoms with Crippen molar-refractivity contribution in [3.63, 3.8) is 0 Å². The molecule has 0 spiro atoms. The van der Waals surface area contributed by atoms with Gasteiger partial charge in [0.15, 0.2) is 11.5 Å². The average Bonchev–Trinajstić information content (AvgIpc) is 3.10. The van der Waals surface area contributed by atoms with E-state index in [0.29, 0.717) is 16.0 Å². The maximum Gasteiger partial charge on any atom is 0.318 e. The number of carbonyl (C=O) groups is 1. The molecule has 3 aromatic carbocycles. The number of thioether (sulfide) groups is 1. The van der Waals surface area contributed by atoms with Crippen LogP contribution in [0.1, 0.15) is 15.9 Å². The highest BCUT2D eigenvalue weighted by atomic mass is 32.2. The quantitative estimate of drug-likeness (QED) is 0.269. The fourth-order valence-corrected chi connectivity index (χ4v) is 4.19. The van der Waals surface area contributed by atoms with E-state index in [9.17, 15) is 25.0 Å². The number of nitro benzene ring substituents is 2. The molecule has 0 aliphatic carbocycles. The Hall–Kier alpha value is -4.18. The Morgan fingerprint density at radius 1 is 0.938 bits per heavy atom. The van der Waals surface area contributed by atoms with Gasteiger partial charge in [0.05, 0.1) is 27.9 Å². The molecule has 0 saturated heterocycles. The molecule has 3 aromatic rings. The van der Waals surface area contributed by atoms with Crippen LogP contribution in [0.2, 0.25) is 0 Å². The Morgan fingerprint density at radius 3 is 2.41 bits per heavy atom. The third kappa shape index (κ3) is 3.91. The Labute approximate surface area is 185 Å². The molecule has 1 heterocycles. The number of rotatable bonds is 6. The summed E-state index contributed by atoms with van der Waals surface area (Å²) in [5.41, 5.74) is 0.0559. The minimum atomic E-state index is -0.761. The van der Waals surface area contributed by atoms with Gasteiger partial charge in [-0.15, -0.1) is 0 Å². The molecule has 0 aromatic heterocycles. The van der Waals surface area contributed by atoms with Gasteiger partial charge in [-0.05, 0) is 30.3 Å². The first-order valence-corrected chi connectivity index (χ1v) is 10.0. The Morgan fingerprint density at radius 2 is 1.72 bits per heavy atom. The number of nitro groups is 2. The summed E-state index contributed by atoms with van der Waals surface area (Å²) in [4.78, 5) is 35.0. The number of ketones is 1. The van der Waals surface area contributed by atoms with E-state index in [1.807, 2.05) is 12.1 Å². The van der Waals surface area contributed by atoms with Crippen LogP contribution in [-0.4, -0.2) is 22.7 Å². The van der Waals surface area contributed by atoms with E-state index in [4.69, 9.17) is 9.47 Å². The van der Waals surface area contributed by atoms with Crippen molar-refractivity contribution in [3.8, 4) is 17.2 Å². The van der Waals surface area contributed by atoms with Crippen molar-refractivity contribution in [2.45, 2.75) is 4.90 Å². The van der Waals surface area contributed by atoms with Crippen LogP contribution in [0.15, 0.2) is 70.5 Å². The van der Waals surface area contributed by atoms with Gasteiger partial charge in [0.1, 0.15) is 0 Å². The summed E-state index contributed by atoms with van der Waals surface area (Å²) in [6.45, 7) is 0. The molecule has 1 aliphatic heterocycles. The fourth-order valence-electron chi connectivity index (χ4n) is 3.15. The monoisotopic (exact) mass is 450 g/mol. The summed E-state index contributed by atoms with van der Waals surface area (Å²) in [6.07, 6.45) is 1.63. The van der Waals surface area contributed by atoms with Crippen molar-refractivity contribution in [2.24, 2.45) is 0 Å². The number of fused-ring (bicyclic) bond motifs is 1. The molecule has 0 N–H and O–H groups in total. The predicted molar refractivity (Wildman–Crippen MR) is 117 cm³/mol. The van der Waals surface area contributed by atoms with Crippen LogP contribution in [0.3, 0.4) is 0 Å². The number of hydrogen-bond donors (Lipinski definition) is 0. The second-order valence-electron chi connectivity index (χ2n) is 6.58. The number of non-ortho nitro benzene ring substituents is 1. The van der Waals surface area contributed by atoms with Crippen LogP contribution in [0.5, 0.6) is 17.2 Å². The van der Waals surface area contributed by atoms with Crippen LogP contribution in [0.25, 0.3) is 6.08 Å². The van der Waals surface area contributed by atoms with Crippen molar-refractivity contribution < 1.29 is 24.1 Å². The van der Waals surface area contributed by atoms with Crippen molar-refractivity contribution in [3.05, 3.63) is 96.9 Å². The molecule has 0 fully saturated rings. The molecular weight excluding hydrogens is 436 g/mol. The summed E-state index contributed by atoms with van der Waals surface area (Å²) >= 11 is 1.31. The maximum absolute atomic E-state index is 12.8. The van der Waals surface area contributed by atoms with Gasteiger partial charge in [0, 0.05) is 22.1 Å². The van der Waals surface area contributed by atoms with Crippen LogP contribution >= 0.6 is 11.8 Å². The third-order valence-electron chi connectivity index (χ3n) is 4.65. The highest BCUT2D eigenvalue weighted by Crippen LogP contribution is 2.44. The SMILES string of the molecule is COc1cccc(/C=C2\Sc3ccccc3C2=O)c1Oc1ccc([N+](=O)[O-])cc1[N+](=O)[O-]. The van der Waals surface area contributed by atoms with Crippen LogP contribution < -0.4 is 9.47 Å². The third-order valence-corrected chi connectivity index (χ3v) is 5.75. The smallest absolute Gasteiger partial charge is 0.318 e. The zero-order chi connectivity index (χ0) is 22.8. The predicted octanol–water partition coefficient (Wildman–Crippen LogP) is 5.63. The Bertz CT molecular complexity index is 1300. The van der Waals surface area contributed by atoms with E-state index >= 15 is 0 Å². The summed E-state index contributed by atoms with van der Waals surface area (Å²) in [5.74, 6) is 0.0860. The molecule has 10 heteroatoms. The molecule has 0 unspecified atom stereocenters. The number of ether oxygens (including phenoxy) is 2. The summed E-state index contributed by atoms with van der Waals surface area (Å²) in [6, 6.07) is 15.3. The molecule has 160 valence electrons. The van der Waals surface area contributed by atoms with Gasteiger partial charge in [-0.1, -0.05) is 36.0 Å². The zero-order valence-corrected chi connectivity index (χ0v) is 17.3. The van der Waals surface area contributed by atoms with Gasteiger partial charge in [-0.2, -0.15) is 0 Å². The molecule has 1 aliphatic rings. The first kappa shape index (κ1) is 21.1. The minimum absolute atomic E-state index is 0.138. The van der Waals surface area contributed by atoms with E-state index in [1.54, 1.807) is 36.4 Å². The van der Waals surface area contributed by atoms with E-state index in [1.165, 1.54) is 18.9 Å². The van der Waals surface area contributed by atoms with Crippen LogP contribution in [0, 0.1) is 20.2 Å². The number of allylic oxidation sites excluding steroid dienone is 1. The van der Waals surface area contributed by atoms with Gasteiger partial charge in [-0.25, -0.2) is 0 Å². The highest BCUT2D eigenvalue weighted by Gasteiger charge is 2.27. The van der Waals surface area contributed by atoms with Gasteiger partial charge in [0.2, 0.25) is 11.5 Å². The average molecular weight is 450 g/mol. The molecule has 0 saturated carbocycles. The molecule has 0 atom stereocenters. The lowest BCUT2D eigenvalue weighted by Crippen LogP contribution is -1.99. The van der Waals surface area contributed by atoms with E-state index in [-0.39, 0.29) is 23.0 Å². The van der Waals surface area contributed by atoms with Crippen molar-refractivity contribution in [1.29, 1.82) is 0 Å². The normalized spacial score (nSPS) is 13.7. The fraction of sp³-hybridized carbons (Fsp3) is 0.0455. The Balaban J connectivity index is 1.78. The van der Waals surface area contributed by atoms with Crippen molar-refractivity contribution >= 4 is 35.0 Å². The first-order valence-electron chi connectivity index (χ1n) is 9.20. The highest BCUT2D eigenvalue weighted by molar-refractivity contribution is 8.04. The molecule has 0 bridgehead atoms. The minimum Gasteiger partial charge on any atom is -0.493 e. The molecule has 0 amide bonds. The standard InChI is InChI=1S/C22H14N2O7S/c1-30-18-7-4-5-13(11-20-21(25)15-6-2-3-8-19(15)32-20)22(18)31-17-10-9-14(23(26)27)12-16(17)24(28)29/h2-12H,1H3/b20-11-. The number of Topliss-reactive ketones (excluding diaryl/α,β-unsaturated/α-hetero) is 1. The van der Waals surface area contributed by atoms with E-state index < -0.39 is 21.2 Å².